The summed E-state index contributed by atoms with van der Waals surface area (Å²) in [6, 6.07) is 8.52. The molecule has 0 heterocycles. The summed E-state index contributed by atoms with van der Waals surface area (Å²) in [5, 5.41) is 2.55. The van der Waals surface area contributed by atoms with Crippen molar-refractivity contribution in [3.8, 4) is 0 Å². The van der Waals surface area contributed by atoms with Gasteiger partial charge in [-0.1, -0.05) is 15.9 Å². The number of halogens is 4. The molecule has 1 N–H and O–H groups in total. The minimum atomic E-state index is -0.522. The van der Waals surface area contributed by atoms with E-state index in [1.807, 2.05) is 0 Å². The summed E-state index contributed by atoms with van der Waals surface area (Å²) in [5.41, 5.74) is 0.534. The topological polar surface area (TPSA) is 29.1 Å². The zero-order chi connectivity index (χ0) is 14.7. The lowest BCUT2D eigenvalue weighted by atomic mass is 10.2. The van der Waals surface area contributed by atoms with Crippen LogP contribution in [0.2, 0.25) is 0 Å². The van der Waals surface area contributed by atoms with E-state index in [1.54, 1.807) is 12.1 Å². The molecule has 104 valence electrons. The van der Waals surface area contributed by atoms with E-state index in [-0.39, 0.29) is 16.6 Å². The van der Waals surface area contributed by atoms with Gasteiger partial charge in [-0.3, -0.25) is 4.79 Å². The Labute approximate surface area is 131 Å². The fourth-order valence-corrected chi connectivity index (χ4v) is 2.25. The molecule has 2 aromatic carbocycles. The Hall–Kier alpha value is -1.27. The average molecular weight is 405 g/mol. The largest absolute Gasteiger partial charge is 0.348 e. The number of carbonyl (C=O) groups is 1. The van der Waals surface area contributed by atoms with Crippen molar-refractivity contribution in [2.45, 2.75) is 6.54 Å². The molecule has 0 aromatic heterocycles. The van der Waals surface area contributed by atoms with Crippen LogP contribution in [0.3, 0.4) is 0 Å². The molecule has 0 atom stereocenters. The number of amides is 1. The molecule has 20 heavy (non-hydrogen) atoms. The van der Waals surface area contributed by atoms with Gasteiger partial charge in [0.1, 0.15) is 11.6 Å². The first kappa shape index (κ1) is 15.1. The fraction of sp³-hybridized carbons (Fsp3) is 0.0714. The van der Waals surface area contributed by atoms with Crippen molar-refractivity contribution in [3.05, 3.63) is 68.1 Å². The van der Waals surface area contributed by atoms with Gasteiger partial charge in [0.05, 0.1) is 4.47 Å². The molecule has 0 spiro atoms. The second kappa shape index (κ2) is 6.45. The molecule has 2 rings (SSSR count). The van der Waals surface area contributed by atoms with Gasteiger partial charge in [0.25, 0.3) is 5.91 Å². The summed E-state index contributed by atoms with van der Waals surface area (Å²) in [5.74, 6) is -1.39. The van der Waals surface area contributed by atoms with Gasteiger partial charge in [0.15, 0.2) is 0 Å². The molecule has 2 aromatic rings. The molecule has 0 aliphatic heterocycles. The van der Waals surface area contributed by atoms with E-state index in [0.29, 0.717) is 5.56 Å². The predicted octanol–water partition coefficient (Wildman–Crippen LogP) is 4.42. The highest BCUT2D eigenvalue weighted by atomic mass is 79.9. The third-order valence-corrected chi connectivity index (χ3v) is 3.77. The lowest BCUT2D eigenvalue weighted by molar-refractivity contribution is 0.0950. The van der Waals surface area contributed by atoms with E-state index in [4.69, 9.17) is 0 Å². The summed E-state index contributed by atoms with van der Waals surface area (Å²) in [6.45, 7) is 0.0296. The molecule has 6 heteroatoms. The number of rotatable bonds is 3. The van der Waals surface area contributed by atoms with Gasteiger partial charge < -0.3 is 5.32 Å². The van der Waals surface area contributed by atoms with Crippen molar-refractivity contribution in [3.63, 3.8) is 0 Å². The average Bonchev–Trinajstić information content (AvgIpc) is 2.42. The Bertz CT molecular complexity index is 662. The normalized spacial score (nSPS) is 10.4. The highest BCUT2D eigenvalue weighted by molar-refractivity contribution is 9.10. The number of hydrogen-bond donors (Lipinski definition) is 1. The molecule has 0 radical (unpaired) electrons. The zero-order valence-electron chi connectivity index (χ0n) is 10.1. The van der Waals surface area contributed by atoms with Gasteiger partial charge >= 0.3 is 0 Å². The van der Waals surface area contributed by atoms with Gasteiger partial charge in [0, 0.05) is 22.1 Å². The van der Waals surface area contributed by atoms with Crippen molar-refractivity contribution in [2.75, 3.05) is 0 Å². The first-order chi connectivity index (χ1) is 9.47. The van der Waals surface area contributed by atoms with E-state index in [0.717, 1.165) is 10.5 Å². The van der Waals surface area contributed by atoms with E-state index < -0.39 is 17.5 Å². The molecule has 0 fully saturated rings. The van der Waals surface area contributed by atoms with Gasteiger partial charge in [0.2, 0.25) is 0 Å². The third kappa shape index (κ3) is 3.64. The standard InChI is InChI=1S/C14H9Br2F2NO/c15-10-2-4-12(17)9(5-10)7-19-14(20)8-1-3-11(16)13(18)6-8/h1-6H,7H2,(H,19,20). The zero-order valence-corrected chi connectivity index (χ0v) is 13.3. The number of carbonyl (C=O) groups excluding carboxylic acids is 1. The minimum absolute atomic E-state index is 0.0296. The van der Waals surface area contributed by atoms with E-state index in [9.17, 15) is 13.6 Å². The van der Waals surface area contributed by atoms with Gasteiger partial charge in [-0.15, -0.1) is 0 Å². The Morgan fingerprint density at radius 2 is 1.80 bits per heavy atom. The maximum absolute atomic E-state index is 13.5. The number of benzene rings is 2. The quantitative estimate of drug-likeness (QED) is 0.805. The fourth-order valence-electron chi connectivity index (χ4n) is 1.59. The van der Waals surface area contributed by atoms with Crippen molar-refractivity contribution < 1.29 is 13.6 Å². The van der Waals surface area contributed by atoms with E-state index in [1.165, 1.54) is 18.2 Å². The van der Waals surface area contributed by atoms with E-state index >= 15 is 0 Å². The Morgan fingerprint density at radius 1 is 1.05 bits per heavy atom. The van der Waals surface area contributed by atoms with Crippen molar-refractivity contribution in [1.82, 2.24) is 5.32 Å². The summed E-state index contributed by atoms with van der Waals surface area (Å²) in [4.78, 5) is 11.9. The highest BCUT2D eigenvalue weighted by Gasteiger charge is 2.10. The molecule has 0 bridgehead atoms. The third-order valence-electron chi connectivity index (χ3n) is 2.63. The first-order valence-corrected chi connectivity index (χ1v) is 7.23. The SMILES string of the molecule is O=C(NCc1cc(Br)ccc1F)c1ccc(Br)c(F)c1. The van der Waals surface area contributed by atoms with Crippen LogP contribution in [0.15, 0.2) is 45.3 Å². The van der Waals surface area contributed by atoms with Crippen LogP contribution >= 0.6 is 31.9 Å². The molecule has 0 saturated heterocycles. The van der Waals surface area contributed by atoms with Gasteiger partial charge in [-0.05, 0) is 52.3 Å². The number of nitrogens with one attached hydrogen (secondary N) is 1. The van der Waals surface area contributed by atoms with Gasteiger partial charge in [-0.25, -0.2) is 8.78 Å². The van der Waals surface area contributed by atoms with Crippen LogP contribution in [-0.4, -0.2) is 5.91 Å². The smallest absolute Gasteiger partial charge is 0.251 e. The van der Waals surface area contributed by atoms with E-state index in [2.05, 4.69) is 37.2 Å². The van der Waals surface area contributed by atoms with Crippen LogP contribution in [0.25, 0.3) is 0 Å². The maximum Gasteiger partial charge on any atom is 0.251 e. The van der Waals surface area contributed by atoms with Crippen molar-refractivity contribution in [2.24, 2.45) is 0 Å². The van der Waals surface area contributed by atoms with Crippen molar-refractivity contribution >= 4 is 37.8 Å². The van der Waals surface area contributed by atoms with Crippen LogP contribution in [0.4, 0.5) is 8.78 Å². The molecule has 0 unspecified atom stereocenters. The lowest BCUT2D eigenvalue weighted by Crippen LogP contribution is -2.23. The van der Waals surface area contributed by atoms with Crippen LogP contribution in [0.1, 0.15) is 15.9 Å². The second-order valence-corrected chi connectivity index (χ2v) is 5.82. The maximum atomic E-state index is 13.5. The molecule has 2 nitrogen and oxygen atoms in total. The van der Waals surface area contributed by atoms with Crippen LogP contribution < -0.4 is 5.32 Å². The summed E-state index contributed by atoms with van der Waals surface area (Å²) < 4.78 is 27.8. The Morgan fingerprint density at radius 3 is 2.50 bits per heavy atom. The minimum Gasteiger partial charge on any atom is -0.348 e. The molecule has 0 saturated carbocycles. The molecule has 0 aliphatic carbocycles. The number of hydrogen-bond acceptors (Lipinski definition) is 1. The van der Waals surface area contributed by atoms with Crippen LogP contribution in [0.5, 0.6) is 0 Å². The summed E-state index contributed by atoms with van der Waals surface area (Å²) in [7, 11) is 0. The molecular formula is C14H9Br2F2NO. The molecule has 0 aliphatic rings. The van der Waals surface area contributed by atoms with Crippen LogP contribution in [0, 0.1) is 11.6 Å². The predicted molar refractivity (Wildman–Crippen MR) is 79.4 cm³/mol. The highest BCUT2D eigenvalue weighted by Crippen LogP contribution is 2.17. The second-order valence-electron chi connectivity index (χ2n) is 4.05. The molecular weight excluding hydrogens is 396 g/mol. The molecule has 1 amide bonds. The Kier molecular flexibility index (Phi) is 4.88. The summed E-state index contributed by atoms with van der Waals surface area (Å²) in [6.07, 6.45) is 0. The van der Waals surface area contributed by atoms with Gasteiger partial charge in [-0.2, -0.15) is 0 Å². The van der Waals surface area contributed by atoms with Crippen molar-refractivity contribution in [1.29, 1.82) is 0 Å². The first-order valence-electron chi connectivity index (χ1n) is 5.64. The van der Waals surface area contributed by atoms with Crippen LogP contribution in [-0.2, 0) is 6.54 Å². The lowest BCUT2D eigenvalue weighted by Gasteiger charge is -2.07. The summed E-state index contributed by atoms with van der Waals surface area (Å²) >= 11 is 6.24. The monoisotopic (exact) mass is 403 g/mol. The Balaban J connectivity index is 2.08.